The van der Waals surface area contributed by atoms with Crippen LogP contribution < -0.4 is 5.32 Å². The van der Waals surface area contributed by atoms with Gasteiger partial charge in [-0.15, -0.1) is 0 Å². The van der Waals surface area contributed by atoms with Gasteiger partial charge in [-0.2, -0.15) is 0 Å². The molecule has 7 heteroatoms. The maximum Gasteiger partial charge on any atom is 0.407 e. The molecule has 2 aromatic rings. The molecule has 1 aliphatic rings. The van der Waals surface area contributed by atoms with Crippen LogP contribution in [0, 0.1) is 0 Å². The molecule has 2 aromatic carbocycles. The van der Waals surface area contributed by atoms with Crippen molar-refractivity contribution in [2.24, 2.45) is 0 Å². The quantitative estimate of drug-likeness (QED) is 0.150. The number of alkyl carbamates (subject to hydrolysis) is 1. The molecule has 0 saturated heterocycles. The monoisotopic (exact) mass is 581 g/mol. The molecule has 0 unspecified atom stereocenters. The number of amides is 1. The number of ether oxygens (including phenoxy) is 4. The summed E-state index contributed by atoms with van der Waals surface area (Å²) in [4.78, 5) is 12.1. The van der Waals surface area contributed by atoms with E-state index in [9.17, 15) is 4.79 Å². The zero-order valence-corrected chi connectivity index (χ0v) is 22.0. The number of benzene rings is 2. The molecule has 6 nitrogen and oxygen atoms in total. The second-order valence-corrected chi connectivity index (χ2v) is 9.27. The summed E-state index contributed by atoms with van der Waals surface area (Å²) in [6.07, 6.45) is 4.52. The number of rotatable bonds is 17. The molecule has 0 bridgehead atoms. The van der Waals surface area contributed by atoms with Crippen LogP contribution in [0.2, 0.25) is 0 Å². The molecule has 1 N–H and O–H groups in total. The molecule has 0 fully saturated rings. The third-order valence-corrected chi connectivity index (χ3v) is 6.54. The number of halogens is 1. The van der Waals surface area contributed by atoms with Crippen LogP contribution in [0.1, 0.15) is 42.7 Å². The van der Waals surface area contributed by atoms with Gasteiger partial charge in [-0.25, -0.2) is 4.79 Å². The molecule has 0 saturated carbocycles. The highest BCUT2D eigenvalue weighted by atomic mass is 127. The van der Waals surface area contributed by atoms with Crippen molar-refractivity contribution in [2.75, 3.05) is 57.2 Å². The smallest absolute Gasteiger partial charge is 0.407 e. The Bertz CT molecular complexity index is 817. The van der Waals surface area contributed by atoms with E-state index in [1.54, 1.807) is 0 Å². The first-order chi connectivity index (χ1) is 16.8. The predicted molar refractivity (Wildman–Crippen MR) is 143 cm³/mol. The van der Waals surface area contributed by atoms with Crippen LogP contribution in [-0.4, -0.2) is 63.3 Å². The van der Waals surface area contributed by atoms with Crippen molar-refractivity contribution < 1.29 is 23.7 Å². The molecule has 3 rings (SSSR count). The van der Waals surface area contributed by atoms with E-state index in [-0.39, 0.29) is 5.92 Å². The Balaban J connectivity index is 1.18. The maximum atomic E-state index is 12.1. The second kappa shape index (κ2) is 16.1. The van der Waals surface area contributed by atoms with Crippen molar-refractivity contribution in [1.82, 2.24) is 5.32 Å². The average molecular weight is 581 g/mol. The lowest BCUT2D eigenvalue weighted by Gasteiger charge is -2.14. The van der Waals surface area contributed by atoms with Gasteiger partial charge in [0.1, 0.15) is 6.61 Å². The SMILES string of the molecule is O=C(NCCOCCOCCOCCCCCCI)OCC1c2ccccc2-c2ccccc21. The number of hydrogen-bond acceptors (Lipinski definition) is 5. The van der Waals surface area contributed by atoms with Crippen molar-refractivity contribution in [2.45, 2.75) is 31.6 Å². The number of carbonyl (C=O) groups is 1. The fourth-order valence-electron chi connectivity index (χ4n) is 4.07. The number of alkyl halides is 1. The molecule has 1 amide bonds. The van der Waals surface area contributed by atoms with Crippen LogP contribution >= 0.6 is 22.6 Å². The van der Waals surface area contributed by atoms with Gasteiger partial charge in [0, 0.05) is 19.1 Å². The van der Waals surface area contributed by atoms with Crippen molar-refractivity contribution in [1.29, 1.82) is 0 Å². The van der Waals surface area contributed by atoms with E-state index in [2.05, 4.69) is 52.2 Å². The predicted octanol–water partition coefficient (Wildman–Crippen LogP) is 5.57. The van der Waals surface area contributed by atoms with E-state index in [4.69, 9.17) is 18.9 Å². The highest BCUT2D eigenvalue weighted by molar-refractivity contribution is 14.1. The molecular formula is C27H36INO5. The Morgan fingerprint density at radius 1 is 0.735 bits per heavy atom. The van der Waals surface area contributed by atoms with Gasteiger partial charge in [-0.1, -0.05) is 84.0 Å². The van der Waals surface area contributed by atoms with Crippen LogP contribution in [0.4, 0.5) is 4.79 Å². The van der Waals surface area contributed by atoms with Crippen LogP contribution in [-0.2, 0) is 18.9 Å². The summed E-state index contributed by atoms with van der Waals surface area (Å²) < 4.78 is 23.3. The summed E-state index contributed by atoms with van der Waals surface area (Å²) in [6.45, 7) is 4.15. The zero-order valence-electron chi connectivity index (χ0n) is 19.8. The first kappa shape index (κ1) is 26.9. The molecule has 0 aliphatic heterocycles. The molecule has 0 heterocycles. The molecule has 34 heavy (non-hydrogen) atoms. The summed E-state index contributed by atoms with van der Waals surface area (Å²) in [6, 6.07) is 16.6. The first-order valence-corrected chi connectivity index (χ1v) is 13.7. The summed E-state index contributed by atoms with van der Waals surface area (Å²) in [7, 11) is 0. The number of carbonyl (C=O) groups excluding carboxylic acids is 1. The Morgan fingerprint density at radius 3 is 1.94 bits per heavy atom. The first-order valence-electron chi connectivity index (χ1n) is 12.2. The Labute approximate surface area is 216 Å². The summed E-state index contributed by atoms with van der Waals surface area (Å²) in [5.41, 5.74) is 4.85. The second-order valence-electron chi connectivity index (χ2n) is 8.19. The minimum Gasteiger partial charge on any atom is -0.449 e. The number of unbranched alkanes of at least 4 members (excludes halogenated alkanes) is 3. The van der Waals surface area contributed by atoms with Gasteiger partial charge in [-0.05, 0) is 39.5 Å². The number of fused-ring (bicyclic) bond motifs is 3. The van der Waals surface area contributed by atoms with Crippen molar-refractivity contribution in [3.05, 3.63) is 59.7 Å². The summed E-state index contributed by atoms with van der Waals surface area (Å²) in [5, 5.41) is 2.75. The van der Waals surface area contributed by atoms with Crippen molar-refractivity contribution in [3.8, 4) is 11.1 Å². The lowest BCUT2D eigenvalue weighted by Crippen LogP contribution is -2.29. The Hall–Kier alpha value is -1.68. The number of hydrogen-bond donors (Lipinski definition) is 1. The third kappa shape index (κ3) is 8.83. The maximum absolute atomic E-state index is 12.1. The van der Waals surface area contributed by atoms with Crippen LogP contribution in [0.5, 0.6) is 0 Å². The van der Waals surface area contributed by atoms with E-state index in [1.165, 1.54) is 45.9 Å². The van der Waals surface area contributed by atoms with Gasteiger partial charge in [-0.3, -0.25) is 0 Å². The van der Waals surface area contributed by atoms with E-state index in [0.29, 0.717) is 46.2 Å². The van der Waals surface area contributed by atoms with E-state index >= 15 is 0 Å². The minimum absolute atomic E-state index is 0.0660. The molecule has 186 valence electrons. The number of nitrogens with one attached hydrogen (secondary N) is 1. The van der Waals surface area contributed by atoms with E-state index < -0.39 is 6.09 Å². The highest BCUT2D eigenvalue weighted by Gasteiger charge is 2.28. The van der Waals surface area contributed by atoms with Crippen molar-refractivity contribution >= 4 is 28.7 Å². The molecule has 1 aliphatic carbocycles. The van der Waals surface area contributed by atoms with Crippen LogP contribution in [0.3, 0.4) is 0 Å². The summed E-state index contributed by atoms with van der Waals surface area (Å²) in [5.74, 6) is 0.0660. The van der Waals surface area contributed by atoms with E-state index in [1.807, 2.05) is 24.3 Å². The largest absolute Gasteiger partial charge is 0.449 e. The third-order valence-electron chi connectivity index (χ3n) is 5.78. The molecule has 0 radical (unpaired) electrons. The lowest BCUT2D eigenvalue weighted by atomic mass is 9.98. The Kier molecular flexibility index (Phi) is 12.7. The fraction of sp³-hybridized carbons (Fsp3) is 0.519. The molecule has 0 spiro atoms. The molecule has 0 atom stereocenters. The minimum atomic E-state index is -0.423. The normalized spacial score (nSPS) is 12.4. The van der Waals surface area contributed by atoms with Gasteiger partial charge in [0.2, 0.25) is 0 Å². The zero-order chi connectivity index (χ0) is 23.8. The van der Waals surface area contributed by atoms with Gasteiger partial charge < -0.3 is 24.3 Å². The highest BCUT2D eigenvalue weighted by Crippen LogP contribution is 2.44. The Morgan fingerprint density at radius 2 is 1.29 bits per heavy atom. The topological polar surface area (TPSA) is 66.0 Å². The molecule has 0 aromatic heterocycles. The van der Waals surface area contributed by atoms with E-state index in [0.717, 1.165) is 13.0 Å². The molecular weight excluding hydrogens is 545 g/mol. The van der Waals surface area contributed by atoms with Gasteiger partial charge in [0.15, 0.2) is 0 Å². The van der Waals surface area contributed by atoms with Crippen molar-refractivity contribution in [3.63, 3.8) is 0 Å². The van der Waals surface area contributed by atoms with Gasteiger partial charge >= 0.3 is 6.09 Å². The van der Waals surface area contributed by atoms with Crippen LogP contribution in [0.15, 0.2) is 48.5 Å². The van der Waals surface area contributed by atoms with Gasteiger partial charge in [0.25, 0.3) is 0 Å². The average Bonchev–Trinajstić information content (AvgIpc) is 3.19. The lowest BCUT2D eigenvalue weighted by molar-refractivity contribution is 0.0144. The van der Waals surface area contributed by atoms with Gasteiger partial charge in [0.05, 0.1) is 33.0 Å². The summed E-state index contributed by atoms with van der Waals surface area (Å²) >= 11 is 2.42. The standard InChI is InChI=1S/C27H36INO5/c28-13-7-1-2-8-15-31-17-19-33-20-18-32-16-14-29-27(30)34-21-26-24-11-5-3-9-22(24)23-10-4-6-12-25(23)26/h3-6,9-12,26H,1-2,7-8,13-21H2,(H,29,30). The fourth-order valence-corrected chi connectivity index (χ4v) is 4.61. The van der Waals surface area contributed by atoms with Crippen LogP contribution in [0.25, 0.3) is 11.1 Å².